The van der Waals surface area contributed by atoms with E-state index >= 15 is 0 Å². The summed E-state index contributed by atoms with van der Waals surface area (Å²) in [7, 11) is 0. The number of benzene rings is 9. The number of nitrogens with zero attached hydrogens (tertiary/aromatic N) is 4. The van der Waals surface area contributed by atoms with Crippen LogP contribution in [0.5, 0.6) is 0 Å². The molecular weight excluding hydrogens is 849 g/mol. The molecule has 3 aromatic heterocycles. The van der Waals surface area contributed by atoms with Crippen LogP contribution < -0.4 is 0 Å². The summed E-state index contributed by atoms with van der Waals surface area (Å²) < 4.78 is 4.64. The Morgan fingerprint density at radius 2 is 0.714 bits per heavy atom. The average Bonchev–Trinajstić information content (AvgIpc) is 3.88. The number of nitriles is 1. The summed E-state index contributed by atoms with van der Waals surface area (Å²) in [5.41, 5.74) is 24.6. The van der Waals surface area contributed by atoms with Crippen LogP contribution in [0, 0.1) is 52.9 Å². The maximum Gasteiger partial charge on any atom is 0.104 e. The predicted molar refractivity (Wildman–Crippen MR) is 293 cm³/mol. The molecular formula is C66H50N4. The van der Waals surface area contributed by atoms with Crippen molar-refractivity contribution in [2.75, 3.05) is 0 Å². The smallest absolute Gasteiger partial charge is 0.104 e. The first-order chi connectivity index (χ1) is 34.1. The fraction of sp³-hybridized carbons (Fsp3) is 0.0909. The number of rotatable bonds is 7. The normalized spacial score (nSPS) is 11.6. The number of fused-ring (bicyclic) bond motifs is 6. The van der Waals surface area contributed by atoms with Crippen molar-refractivity contribution in [1.82, 2.24) is 14.1 Å². The van der Waals surface area contributed by atoms with E-state index in [4.69, 9.17) is 4.98 Å². The van der Waals surface area contributed by atoms with Gasteiger partial charge < -0.3 is 9.13 Å². The third kappa shape index (κ3) is 7.01. The lowest BCUT2D eigenvalue weighted by atomic mass is 9.93. The van der Waals surface area contributed by atoms with E-state index < -0.39 is 0 Å². The van der Waals surface area contributed by atoms with E-state index in [0.717, 1.165) is 88.6 Å². The molecule has 0 unspecified atom stereocenters. The highest BCUT2D eigenvalue weighted by molar-refractivity contribution is 6.13. The Bertz CT molecular complexity index is 3820. The van der Waals surface area contributed by atoms with E-state index in [0.29, 0.717) is 5.56 Å². The zero-order valence-electron chi connectivity index (χ0n) is 40.3. The van der Waals surface area contributed by atoms with Crippen molar-refractivity contribution < 1.29 is 0 Å². The molecule has 0 fully saturated rings. The molecule has 334 valence electrons. The minimum atomic E-state index is 0.582. The Morgan fingerprint density at radius 3 is 1.13 bits per heavy atom. The van der Waals surface area contributed by atoms with E-state index in [1.54, 1.807) is 0 Å². The first kappa shape index (κ1) is 42.6. The molecule has 0 bridgehead atoms. The molecule has 9 aromatic carbocycles. The van der Waals surface area contributed by atoms with Gasteiger partial charge in [0.2, 0.25) is 0 Å². The molecule has 0 aliphatic heterocycles. The molecule has 0 spiro atoms. The summed E-state index contributed by atoms with van der Waals surface area (Å²) in [6.07, 6.45) is 0. The molecule has 0 aliphatic rings. The molecule has 0 amide bonds. The Balaban J connectivity index is 1.19. The van der Waals surface area contributed by atoms with Gasteiger partial charge in [0.25, 0.3) is 0 Å². The SMILES string of the molecule is Cc1cc(C)c(-c2ccc3c(c2)c2ccccc2n3-c2cc(-c3cc(-c4ccccc4)nc(-c4ccccc4)c3)cc(-n3c4ccccc4c4cc(-c5c(C)cc(C)cc5C)ccc43)c2C#N)c(C)c1. The fourth-order valence-corrected chi connectivity index (χ4v) is 11.5. The van der Waals surface area contributed by atoms with Crippen molar-refractivity contribution in [3.05, 3.63) is 233 Å². The van der Waals surface area contributed by atoms with Crippen LogP contribution in [-0.2, 0) is 0 Å². The number of hydrogen-bond donors (Lipinski definition) is 0. The summed E-state index contributed by atoms with van der Waals surface area (Å²) in [4.78, 5) is 5.28. The summed E-state index contributed by atoms with van der Waals surface area (Å²) in [5.74, 6) is 0. The molecule has 3 heterocycles. The largest absolute Gasteiger partial charge is 0.308 e. The molecule has 0 N–H and O–H groups in total. The first-order valence-corrected chi connectivity index (χ1v) is 24.1. The molecule has 0 saturated heterocycles. The van der Waals surface area contributed by atoms with Crippen molar-refractivity contribution in [1.29, 1.82) is 5.26 Å². The molecule has 70 heavy (non-hydrogen) atoms. The average molecular weight is 899 g/mol. The van der Waals surface area contributed by atoms with Crippen LogP contribution in [0.3, 0.4) is 0 Å². The van der Waals surface area contributed by atoms with Crippen molar-refractivity contribution >= 4 is 43.6 Å². The predicted octanol–water partition coefficient (Wildman–Crippen LogP) is 17.3. The van der Waals surface area contributed by atoms with Crippen LogP contribution in [0.4, 0.5) is 0 Å². The van der Waals surface area contributed by atoms with Gasteiger partial charge in [0.15, 0.2) is 0 Å². The highest BCUT2D eigenvalue weighted by atomic mass is 15.0. The first-order valence-electron chi connectivity index (χ1n) is 24.1. The fourth-order valence-electron chi connectivity index (χ4n) is 11.5. The quantitative estimate of drug-likeness (QED) is 0.160. The second-order valence-corrected chi connectivity index (χ2v) is 19.1. The lowest BCUT2D eigenvalue weighted by molar-refractivity contribution is 1.12. The van der Waals surface area contributed by atoms with Crippen molar-refractivity contribution in [3.63, 3.8) is 0 Å². The van der Waals surface area contributed by atoms with Gasteiger partial charge >= 0.3 is 0 Å². The molecule has 4 nitrogen and oxygen atoms in total. The zero-order valence-corrected chi connectivity index (χ0v) is 40.3. The van der Waals surface area contributed by atoms with Gasteiger partial charge in [0, 0.05) is 32.7 Å². The van der Waals surface area contributed by atoms with Crippen LogP contribution in [-0.4, -0.2) is 14.1 Å². The standard InChI is InChI=1S/C66H50N4/c1-40-29-42(3)65(43(4)30-40)48-25-27-61-54(33-48)52-21-13-15-23-59(52)69(61)63-37-51(50-35-57(46-17-9-7-10-18-46)68-58(36-50)47-19-11-8-12-20-47)38-64(56(63)39-67)70-60-24-16-14-22-53(60)55-34-49(26-28-62(55)70)66-44(5)31-41(2)32-45(66)6/h7-38H,1-6H3. The van der Waals surface area contributed by atoms with Gasteiger partial charge in [0.1, 0.15) is 11.6 Å². The Hall–Kier alpha value is -8.78. The van der Waals surface area contributed by atoms with Crippen LogP contribution in [0.1, 0.15) is 38.9 Å². The van der Waals surface area contributed by atoms with Crippen LogP contribution >= 0.6 is 0 Å². The van der Waals surface area contributed by atoms with E-state index in [1.807, 2.05) is 12.1 Å². The minimum Gasteiger partial charge on any atom is -0.308 e. The number of para-hydroxylation sites is 2. The number of pyridine rings is 1. The third-order valence-electron chi connectivity index (χ3n) is 14.3. The molecule has 12 rings (SSSR count). The van der Waals surface area contributed by atoms with Gasteiger partial charge in [-0.1, -0.05) is 145 Å². The number of aryl methyl sites for hydroxylation is 6. The highest BCUT2D eigenvalue weighted by Crippen LogP contribution is 2.43. The summed E-state index contributed by atoms with van der Waals surface area (Å²) >= 11 is 0. The van der Waals surface area contributed by atoms with Crippen molar-refractivity contribution in [3.8, 4) is 73.3 Å². The Morgan fingerprint density at radius 1 is 0.343 bits per heavy atom. The maximum atomic E-state index is 11.8. The number of hydrogen-bond acceptors (Lipinski definition) is 2. The highest BCUT2D eigenvalue weighted by Gasteiger charge is 2.24. The van der Waals surface area contributed by atoms with Gasteiger partial charge in [-0.25, -0.2) is 4.98 Å². The van der Waals surface area contributed by atoms with Crippen molar-refractivity contribution in [2.45, 2.75) is 41.5 Å². The van der Waals surface area contributed by atoms with Gasteiger partial charge in [-0.05, 0) is 158 Å². The zero-order chi connectivity index (χ0) is 47.8. The van der Waals surface area contributed by atoms with Crippen LogP contribution in [0.15, 0.2) is 194 Å². The molecule has 12 aromatic rings. The van der Waals surface area contributed by atoms with E-state index in [9.17, 15) is 5.26 Å². The van der Waals surface area contributed by atoms with E-state index in [-0.39, 0.29) is 0 Å². The van der Waals surface area contributed by atoms with Crippen LogP contribution in [0.25, 0.3) is 111 Å². The van der Waals surface area contributed by atoms with Gasteiger partial charge in [-0.3, -0.25) is 0 Å². The second-order valence-electron chi connectivity index (χ2n) is 19.1. The minimum absolute atomic E-state index is 0.582. The topological polar surface area (TPSA) is 46.5 Å². The molecule has 0 saturated carbocycles. The number of aromatic nitrogens is 3. The molecule has 0 aliphatic carbocycles. The summed E-state index contributed by atoms with van der Waals surface area (Å²) in [6, 6.07) is 72.5. The third-order valence-corrected chi connectivity index (χ3v) is 14.3. The van der Waals surface area contributed by atoms with Crippen LogP contribution in [0.2, 0.25) is 0 Å². The Labute approximate surface area is 409 Å². The van der Waals surface area contributed by atoms with E-state index in [2.05, 4.69) is 239 Å². The van der Waals surface area contributed by atoms with E-state index in [1.165, 1.54) is 55.6 Å². The Kier molecular flexibility index (Phi) is 10.2. The molecule has 4 heteroatoms. The summed E-state index contributed by atoms with van der Waals surface area (Å²) in [5, 5.41) is 16.3. The molecule has 0 atom stereocenters. The second kappa shape index (κ2) is 16.8. The monoisotopic (exact) mass is 898 g/mol. The molecule has 0 radical (unpaired) electrons. The van der Waals surface area contributed by atoms with Crippen molar-refractivity contribution in [2.24, 2.45) is 0 Å². The maximum absolute atomic E-state index is 11.8. The van der Waals surface area contributed by atoms with Gasteiger partial charge in [0.05, 0.1) is 44.8 Å². The van der Waals surface area contributed by atoms with Gasteiger partial charge in [-0.15, -0.1) is 0 Å². The lowest BCUT2D eigenvalue weighted by Gasteiger charge is -2.19. The van der Waals surface area contributed by atoms with Gasteiger partial charge in [-0.2, -0.15) is 5.26 Å². The lowest BCUT2D eigenvalue weighted by Crippen LogP contribution is -2.05. The summed E-state index contributed by atoms with van der Waals surface area (Å²) in [6.45, 7) is 13.2.